The van der Waals surface area contributed by atoms with Crippen LogP contribution < -0.4 is 10.1 Å². The molecule has 4 amide bonds. The summed E-state index contributed by atoms with van der Waals surface area (Å²) in [6.45, 7) is 6.26. The van der Waals surface area contributed by atoms with Crippen LogP contribution >= 0.6 is 0 Å². The van der Waals surface area contributed by atoms with Gasteiger partial charge in [-0.25, -0.2) is 14.6 Å². The largest absolute Gasteiger partial charge is 0.488 e. The Labute approximate surface area is 369 Å². The van der Waals surface area contributed by atoms with Crippen molar-refractivity contribution in [1.82, 2.24) is 35.0 Å². The molecule has 3 aliphatic heterocycles. The van der Waals surface area contributed by atoms with E-state index in [2.05, 4.69) is 45.6 Å². The van der Waals surface area contributed by atoms with Crippen LogP contribution in [0.3, 0.4) is 0 Å². The van der Waals surface area contributed by atoms with E-state index in [1.54, 1.807) is 11.1 Å². The van der Waals surface area contributed by atoms with Gasteiger partial charge in [-0.1, -0.05) is 38.1 Å². The molecule has 17 heteroatoms. The average molecular weight is 884 g/mol. The number of likely N-dealkylation sites (tertiary alicyclic amines) is 2. The predicted molar refractivity (Wildman–Crippen MR) is 234 cm³/mol. The monoisotopic (exact) mass is 883 g/mol. The number of amides is 4. The first-order valence-electron chi connectivity index (χ1n) is 21.7. The summed E-state index contributed by atoms with van der Waals surface area (Å²) in [5, 5.41) is 5.57. The van der Waals surface area contributed by atoms with E-state index in [1.807, 2.05) is 50.8 Å². The maximum absolute atomic E-state index is 14.3. The standard InChI is InChI=1S/C47H55F2N7O8/c1-23(2)39(53-46(59)61-7)43(57)56-25(4)10-16-37(56)42-50-21-35(52-42)28-13-14-31-30(17-28)22-63-38-20-32-27(18-33(31)38)11-12-29-19-34(51-40(29)32)36-15-9-24(3)55(36)44(58)41(26(5)64-45(48)49)54(6)47(60)62-8/h11-14,17-21,23-26,36-37,39,41,45,51H,9-10,15-16,22H2,1-8H3,(H,50,52)(H,53,59)/t24-,25-,26+,36-,37-,39-,41-/m0/s1. The molecule has 0 radical (unpaired) electrons. The van der Waals surface area contributed by atoms with Crippen molar-refractivity contribution in [3.05, 3.63) is 71.8 Å². The second-order valence-electron chi connectivity index (χ2n) is 17.5. The summed E-state index contributed by atoms with van der Waals surface area (Å²) in [6, 6.07) is 13.5. The quantitative estimate of drug-likeness (QED) is 0.118. The summed E-state index contributed by atoms with van der Waals surface area (Å²) in [5.41, 5.74) is 6.40. The highest BCUT2D eigenvalue weighted by Crippen LogP contribution is 2.45. The lowest BCUT2D eigenvalue weighted by Crippen LogP contribution is -2.56. The number of nitrogens with one attached hydrogen (secondary N) is 3. The fourth-order valence-corrected chi connectivity index (χ4v) is 9.91. The van der Waals surface area contributed by atoms with E-state index in [4.69, 9.17) is 23.9 Å². The Morgan fingerprint density at radius 1 is 0.859 bits per heavy atom. The van der Waals surface area contributed by atoms with Crippen molar-refractivity contribution in [1.29, 1.82) is 0 Å². The number of fused-ring (bicyclic) bond motifs is 6. The van der Waals surface area contributed by atoms with Crippen LogP contribution in [0.1, 0.15) is 89.5 Å². The van der Waals surface area contributed by atoms with Gasteiger partial charge in [-0.05, 0) is 98.7 Å². The average Bonchev–Trinajstić information content (AvgIpc) is 4.09. The molecule has 0 bridgehead atoms. The Morgan fingerprint density at radius 2 is 1.56 bits per heavy atom. The molecule has 0 spiro atoms. The van der Waals surface area contributed by atoms with Crippen LogP contribution in [-0.2, 0) is 30.4 Å². The molecular formula is C47H55F2N7O8. The first-order chi connectivity index (χ1) is 30.6. The number of methoxy groups -OCH3 is 2. The van der Waals surface area contributed by atoms with Crippen molar-refractivity contribution < 1.29 is 46.9 Å². The van der Waals surface area contributed by atoms with Gasteiger partial charge in [0.1, 0.15) is 30.3 Å². The van der Waals surface area contributed by atoms with Crippen LogP contribution in [0.15, 0.2) is 54.7 Å². The first kappa shape index (κ1) is 44.4. The van der Waals surface area contributed by atoms with Crippen molar-refractivity contribution in [3.63, 3.8) is 0 Å². The van der Waals surface area contributed by atoms with Crippen LogP contribution in [-0.4, -0.2) is 112 Å². The van der Waals surface area contributed by atoms with Gasteiger partial charge in [-0.2, -0.15) is 8.78 Å². The van der Waals surface area contributed by atoms with Gasteiger partial charge in [0.2, 0.25) is 11.8 Å². The number of ether oxygens (including phenoxy) is 4. The molecule has 3 aromatic carbocycles. The van der Waals surface area contributed by atoms with E-state index in [1.165, 1.54) is 28.2 Å². The number of carbonyl (C=O) groups is 4. The molecule has 5 aromatic rings. The predicted octanol–water partition coefficient (Wildman–Crippen LogP) is 8.45. The smallest absolute Gasteiger partial charge is 0.409 e. The molecule has 2 saturated heterocycles. The Bertz CT molecular complexity index is 2590. The maximum Gasteiger partial charge on any atom is 0.409 e. The number of rotatable bonds is 11. The van der Waals surface area contributed by atoms with Gasteiger partial charge in [0.25, 0.3) is 0 Å². The fraction of sp³-hybridized carbons (Fsp3) is 0.468. The lowest BCUT2D eigenvalue weighted by atomic mass is 9.92. The number of hydrogen-bond acceptors (Lipinski definition) is 9. The van der Waals surface area contributed by atoms with Crippen molar-refractivity contribution in [2.45, 2.75) is 116 Å². The van der Waals surface area contributed by atoms with Gasteiger partial charge in [0.05, 0.1) is 49.8 Å². The zero-order valence-electron chi connectivity index (χ0n) is 37.2. The van der Waals surface area contributed by atoms with E-state index in [0.29, 0.717) is 25.3 Å². The third-order valence-corrected chi connectivity index (χ3v) is 13.2. The van der Waals surface area contributed by atoms with Gasteiger partial charge in [-0.15, -0.1) is 0 Å². The number of halogens is 2. The molecule has 7 atom stereocenters. The minimum absolute atomic E-state index is 0.0365. The van der Waals surface area contributed by atoms with Gasteiger partial charge in [0.15, 0.2) is 0 Å². The third-order valence-electron chi connectivity index (χ3n) is 13.2. The van der Waals surface area contributed by atoms with Crippen molar-refractivity contribution in [2.75, 3.05) is 21.3 Å². The van der Waals surface area contributed by atoms with Crippen LogP contribution in [0.5, 0.6) is 5.75 Å². The van der Waals surface area contributed by atoms with E-state index >= 15 is 0 Å². The summed E-state index contributed by atoms with van der Waals surface area (Å²) in [6.07, 6.45) is 1.83. The highest BCUT2D eigenvalue weighted by molar-refractivity contribution is 6.08. The lowest BCUT2D eigenvalue weighted by molar-refractivity contribution is -0.179. The van der Waals surface area contributed by atoms with Crippen molar-refractivity contribution in [2.24, 2.45) is 5.92 Å². The zero-order valence-corrected chi connectivity index (χ0v) is 37.2. The number of likely N-dealkylation sites (N-methyl/N-ethyl adjacent to an activating group) is 1. The molecule has 8 rings (SSSR count). The summed E-state index contributed by atoms with van der Waals surface area (Å²) >= 11 is 0. The highest BCUT2D eigenvalue weighted by atomic mass is 19.3. The number of carbonyl (C=O) groups excluding carboxylic acids is 4. The second-order valence-corrected chi connectivity index (χ2v) is 17.5. The molecule has 2 aromatic heterocycles. The molecular weight excluding hydrogens is 829 g/mol. The summed E-state index contributed by atoms with van der Waals surface area (Å²) in [5.74, 6) is 0.590. The Morgan fingerprint density at radius 3 is 2.25 bits per heavy atom. The van der Waals surface area contributed by atoms with Gasteiger partial charge in [0, 0.05) is 41.2 Å². The number of benzene rings is 3. The Balaban J connectivity index is 1.05. The van der Waals surface area contributed by atoms with E-state index < -0.39 is 48.9 Å². The Kier molecular flexibility index (Phi) is 12.3. The number of nitrogens with zero attached hydrogens (tertiary/aromatic N) is 4. The minimum atomic E-state index is -3.14. The summed E-state index contributed by atoms with van der Waals surface area (Å²) < 4.78 is 47.6. The number of imidazole rings is 1. The molecule has 15 nitrogen and oxygen atoms in total. The maximum atomic E-state index is 14.3. The van der Waals surface area contributed by atoms with E-state index in [9.17, 15) is 28.0 Å². The van der Waals surface area contributed by atoms with E-state index in [-0.39, 0.29) is 30.0 Å². The van der Waals surface area contributed by atoms with Gasteiger partial charge in [-0.3, -0.25) is 14.5 Å². The topological polar surface area (TPSA) is 171 Å². The fourth-order valence-electron chi connectivity index (χ4n) is 9.91. The molecule has 64 heavy (non-hydrogen) atoms. The van der Waals surface area contributed by atoms with Gasteiger partial charge >= 0.3 is 18.8 Å². The van der Waals surface area contributed by atoms with Crippen molar-refractivity contribution >= 4 is 45.7 Å². The Hall–Kier alpha value is -6.23. The number of H-pyrrole nitrogens is 2. The number of aromatic nitrogens is 3. The van der Waals surface area contributed by atoms with Crippen LogP contribution in [0.25, 0.3) is 44.1 Å². The van der Waals surface area contributed by atoms with Crippen LogP contribution in [0, 0.1) is 5.92 Å². The summed E-state index contributed by atoms with van der Waals surface area (Å²) in [7, 11) is 3.79. The first-order valence-corrected chi connectivity index (χ1v) is 21.7. The second kappa shape index (κ2) is 17.7. The summed E-state index contributed by atoms with van der Waals surface area (Å²) in [4.78, 5) is 69.2. The molecule has 3 aliphatic rings. The SMILES string of the molecule is COC(=O)N[C@H](C(=O)N1[C@@H](C)CC[C@H]1c1ncc(-c2ccc3c(c2)COc2cc4c(ccc5cc([C@@H]6CC[C@H](C)N6C(=O)[C@H]([C@@H](C)OC(F)F)N(C)C(=O)OC)[nH]c54)cc2-3)[nH]1)C(C)C. The molecule has 2 fully saturated rings. The molecule has 0 unspecified atom stereocenters. The molecule has 0 saturated carbocycles. The highest BCUT2D eigenvalue weighted by Gasteiger charge is 2.45. The molecule has 3 N–H and O–H groups in total. The van der Waals surface area contributed by atoms with Crippen molar-refractivity contribution in [3.8, 4) is 28.1 Å². The number of alkyl carbamates (subject to hydrolysis) is 1. The lowest BCUT2D eigenvalue weighted by Gasteiger charge is -2.37. The number of aromatic amines is 2. The molecule has 5 heterocycles. The zero-order chi connectivity index (χ0) is 45.7. The minimum Gasteiger partial charge on any atom is -0.488 e. The van der Waals surface area contributed by atoms with Gasteiger partial charge < -0.3 is 44.0 Å². The molecule has 0 aliphatic carbocycles. The third kappa shape index (κ3) is 8.09. The normalized spacial score (nSPS) is 20.8. The number of hydrogen-bond donors (Lipinski definition) is 3. The molecule has 340 valence electrons. The van der Waals surface area contributed by atoms with Crippen LogP contribution in [0.2, 0.25) is 0 Å². The number of alkyl halides is 2. The van der Waals surface area contributed by atoms with E-state index in [0.717, 1.165) is 78.8 Å². The van der Waals surface area contributed by atoms with Crippen LogP contribution in [0.4, 0.5) is 18.4 Å².